The number of benzene rings is 1. The van der Waals surface area contributed by atoms with E-state index in [9.17, 15) is 13.6 Å². The molecular weight excluding hydrogens is 252 g/mol. The first-order valence-corrected chi connectivity index (χ1v) is 6.22. The molecule has 1 rings (SSSR count). The minimum Gasteiger partial charge on any atom is -0.396 e. The molecule has 0 saturated heterocycles. The number of carbonyl (C=O) groups excluding carboxylic acids is 1. The molecule has 0 aliphatic heterocycles. The maximum atomic E-state index is 13.6. The molecule has 0 radical (unpaired) electrons. The van der Waals surface area contributed by atoms with Gasteiger partial charge >= 0.3 is 0 Å². The molecule has 1 amide bonds. The molecule has 0 bridgehead atoms. The molecule has 1 unspecified atom stereocenters. The normalized spacial score (nSPS) is 14.0. The summed E-state index contributed by atoms with van der Waals surface area (Å²) >= 11 is 0. The molecule has 0 spiro atoms. The predicted octanol–water partition coefficient (Wildman–Crippen LogP) is 2.55. The first kappa shape index (κ1) is 15.6. The Balaban J connectivity index is 2.98. The highest BCUT2D eigenvalue weighted by Gasteiger charge is 2.25. The van der Waals surface area contributed by atoms with Crippen molar-refractivity contribution >= 4 is 5.91 Å². The van der Waals surface area contributed by atoms with Gasteiger partial charge in [0.15, 0.2) is 0 Å². The largest absolute Gasteiger partial charge is 0.396 e. The van der Waals surface area contributed by atoms with Gasteiger partial charge in [-0.2, -0.15) is 0 Å². The number of carbonyl (C=O) groups is 1. The molecular formula is C14H19F2NO2. The summed E-state index contributed by atoms with van der Waals surface area (Å²) in [4.78, 5) is 12.0. The van der Waals surface area contributed by atoms with Crippen LogP contribution in [0.4, 0.5) is 8.78 Å². The van der Waals surface area contributed by atoms with Gasteiger partial charge in [0.05, 0.1) is 5.56 Å². The molecule has 0 saturated carbocycles. The zero-order chi connectivity index (χ0) is 14.6. The third-order valence-corrected chi connectivity index (χ3v) is 3.35. The van der Waals surface area contributed by atoms with Gasteiger partial charge in [0, 0.05) is 18.2 Å². The SMILES string of the molecule is CCC(C)(CCO)NC(=O)c1cc(C)c(F)cc1F. The summed E-state index contributed by atoms with van der Waals surface area (Å²) in [6, 6.07) is 1.90. The van der Waals surface area contributed by atoms with E-state index in [1.54, 1.807) is 6.92 Å². The molecule has 106 valence electrons. The lowest BCUT2D eigenvalue weighted by Gasteiger charge is -2.29. The summed E-state index contributed by atoms with van der Waals surface area (Å²) in [6.45, 7) is 5.03. The van der Waals surface area contributed by atoms with Gasteiger partial charge in [0.2, 0.25) is 0 Å². The Morgan fingerprint density at radius 1 is 1.37 bits per heavy atom. The zero-order valence-corrected chi connectivity index (χ0v) is 11.4. The van der Waals surface area contributed by atoms with Gasteiger partial charge in [0.1, 0.15) is 11.6 Å². The number of hydrogen-bond donors (Lipinski definition) is 2. The Labute approximate surface area is 111 Å². The van der Waals surface area contributed by atoms with E-state index >= 15 is 0 Å². The fourth-order valence-corrected chi connectivity index (χ4v) is 1.75. The third-order valence-electron chi connectivity index (χ3n) is 3.35. The quantitative estimate of drug-likeness (QED) is 0.864. The topological polar surface area (TPSA) is 49.3 Å². The van der Waals surface area contributed by atoms with Crippen LogP contribution in [0.15, 0.2) is 12.1 Å². The Hall–Kier alpha value is -1.49. The highest BCUT2D eigenvalue weighted by atomic mass is 19.1. The average Bonchev–Trinajstić information content (AvgIpc) is 2.33. The van der Waals surface area contributed by atoms with Crippen LogP contribution in [0.1, 0.15) is 42.6 Å². The van der Waals surface area contributed by atoms with Crippen LogP contribution in [-0.4, -0.2) is 23.2 Å². The Morgan fingerprint density at radius 3 is 2.53 bits per heavy atom. The van der Waals surface area contributed by atoms with Crippen LogP contribution >= 0.6 is 0 Å². The monoisotopic (exact) mass is 271 g/mol. The second-order valence-corrected chi connectivity index (χ2v) is 4.92. The van der Waals surface area contributed by atoms with Gasteiger partial charge in [0.25, 0.3) is 5.91 Å². The number of nitrogens with one attached hydrogen (secondary N) is 1. The fourth-order valence-electron chi connectivity index (χ4n) is 1.75. The highest BCUT2D eigenvalue weighted by molar-refractivity contribution is 5.95. The highest BCUT2D eigenvalue weighted by Crippen LogP contribution is 2.18. The minimum atomic E-state index is -0.886. The molecule has 1 aromatic rings. The summed E-state index contributed by atoms with van der Waals surface area (Å²) in [5, 5.41) is 11.7. The van der Waals surface area contributed by atoms with Gasteiger partial charge < -0.3 is 10.4 Å². The van der Waals surface area contributed by atoms with E-state index in [-0.39, 0.29) is 17.7 Å². The van der Waals surface area contributed by atoms with E-state index in [1.165, 1.54) is 13.0 Å². The lowest BCUT2D eigenvalue weighted by atomic mass is 9.94. The first-order chi connectivity index (χ1) is 8.83. The van der Waals surface area contributed by atoms with Crippen LogP contribution in [0.5, 0.6) is 0 Å². The number of aryl methyl sites for hydroxylation is 1. The lowest BCUT2D eigenvalue weighted by Crippen LogP contribution is -2.46. The number of aliphatic hydroxyl groups is 1. The zero-order valence-electron chi connectivity index (χ0n) is 11.4. The maximum absolute atomic E-state index is 13.6. The van der Waals surface area contributed by atoms with E-state index in [4.69, 9.17) is 5.11 Å². The van der Waals surface area contributed by atoms with E-state index in [0.29, 0.717) is 18.9 Å². The van der Waals surface area contributed by atoms with Crippen molar-refractivity contribution in [3.8, 4) is 0 Å². The van der Waals surface area contributed by atoms with E-state index in [2.05, 4.69) is 5.32 Å². The van der Waals surface area contributed by atoms with Crippen molar-refractivity contribution in [1.29, 1.82) is 0 Å². The van der Waals surface area contributed by atoms with Crippen molar-refractivity contribution in [1.82, 2.24) is 5.32 Å². The van der Waals surface area contributed by atoms with Gasteiger partial charge in [-0.3, -0.25) is 4.79 Å². The lowest BCUT2D eigenvalue weighted by molar-refractivity contribution is 0.0882. The van der Waals surface area contributed by atoms with E-state index < -0.39 is 23.1 Å². The Morgan fingerprint density at radius 2 is 2.00 bits per heavy atom. The molecule has 1 aromatic carbocycles. The summed E-state index contributed by atoms with van der Waals surface area (Å²) in [6.07, 6.45) is 0.970. The van der Waals surface area contributed by atoms with E-state index in [1.807, 2.05) is 6.92 Å². The second kappa shape index (κ2) is 6.10. The van der Waals surface area contributed by atoms with Crippen molar-refractivity contribution in [3.63, 3.8) is 0 Å². The van der Waals surface area contributed by atoms with Crippen LogP contribution in [0, 0.1) is 18.6 Å². The molecule has 19 heavy (non-hydrogen) atoms. The van der Waals surface area contributed by atoms with Crippen molar-refractivity contribution in [2.75, 3.05) is 6.61 Å². The number of hydrogen-bond acceptors (Lipinski definition) is 2. The first-order valence-electron chi connectivity index (χ1n) is 6.22. The molecule has 2 N–H and O–H groups in total. The molecule has 1 atom stereocenters. The Bertz CT molecular complexity index is 477. The van der Waals surface area contributed by atoms with Crippen molar-refractivity contribution in [2.45, 2.75) is 39.2 Å². The molecule has 0 aromatic heterocycles. The molecule has 3 nitrogen and oxygen atoms in total. The van der Waals surface area contributed by atoms with Crippen LogP contribution in [0.2, 0.25) is 0 Å². The van der Waals surface area contributed by atoms with Gasteiger partial charge in [-0.15, -0.1) is 0 Å². The summed E-state index contributed by atoms with van der Waals surface area (Å²) in [5.41, 5.74) is -0.580. The minimum absolute atomic E-state index is 0.0739. The predicted molar refractivity (Wildman–Crippen MR) is 69.0 cm³/mol. The van der Waals surface area contributed by atoms with Crippen LogP contribution in [0.3, 0.4) is 0 Å². The maximum Gasteiger partial charge on any atom is 0.254 e. The van der Waals surface area contributed by atoms with Crippen LogP contribution in [0.25, 0.3) is 0 Å². The molecule has 5 heteroatoms. The standard InChI is InChI=1S/C14H19F2NO2/c1-4-14(3,5-6-18)17-13(19)10-7-9(2)11(15)8-12(10)16/h7-8,18H,4-6H2,1-3H3,(H,17,19). The number of halogens is 2. The molecule has 0 heterocycles. The third kappa shape index (κ3) is 3.73. The number of amides is 1. The Kier molecular flexibility index (Phi) is 5.00. The number of rotatable bonds is 5. The van der Waals surface area contributed by atoms with Gasteiger partial charge in [-0.05, 0) is 38.3 Å². The van der Waals surface area contributed by atoms with Crippen molar-refractivity contribution in [3.05, 3.63) is 34.9 Å². The summed E-state index contributed by atoms with van der Waals surface area (Å²) in [5.74, 6) is -2.16. The average molecular weight is 271 g/mol. The smallest absolute Gasteiger partial charge is 0.254 e. The van der Waals surface area contributed by atoms with Crippen molar-refractivity contribution in [2.24, 2.45) is 0 Å². The summed E-state index contributed by atoms with van der Waals surface area (Å²) in [7, 11) is 0. The van der Waals surface area contributed by atoms with Crippen LogP contribution in [-0.2, 0) is 0 Å². The van der Waals surface area contributed by atoms with Crippen molar-refractivity contribution < 1.29 is 18.7 Å². The molecule has 0 aliphatic carbocycles. The molecule has 0 fully saturated rings. The number of aliphatic hydroxyl groups excluding tert-OH is 1. The van der Waals surface area contributed by atoms with Crippen LogP contribution < -0.4 is 5.32 Å². The second-order valence-electron chi connectivity index (χ2n) is 4.92. The van der Waals surface area contributed by atoms with Gasteiger partial charge in [-0.25, -0.2) is 8.78 Å². The fraction of sp³-hybridized carbons (Fsp3) is 0.500. The summed E-state index contributed by atoms with van der Waals surface area (Å²) < 4.78 is 26.7. The molecule has 0 aliphatic rings. The van der Waals surface area contributed by atoms with Gasteiger partial charge in [-0.1, -0.05) is 6.92 Å². The van der Waals surface area contributed by atoms with E-state index in [0.717, 1.165) is 0 Å².